The average Bonchev–Trinajstić information content (AvgIpc) is 2.91. The smallest absolute Gasteiger partial charge is 0.232 e. The summed E-state index contributed by atoms with van der Waals surface area (Å²) >= 11 is 5.90. The molecule has 1 amide bonds. The number of rotatable bonds is 3. The van der Waals surface area contributed by atoms with Gasteiger partial charge in [-0.15, -0.1) is 0 Å². The first-order valence-corrected chi connectivity index (χ1v) is 7.05. The Morgan fingerprint density at radius 2 is 2.00 bits per heavy atom. The van der Waals surface area contributed by atoms with Gasteiger partial charge in [-0.05, 0) is 44.5 Å². The summed E-state index contributed by atoms with van der Waals surface area (Å²) in [4.78, 5) is 14.6. The van der Waals surface area contributed by atoms with E-state index in [1.54, 1.807) is 0 Å². The van der Waals surface area contributed by atoms with Crippen molar-refractivity contribution in [1.82, 2.24) is 10.2 Å². The van der Waals surface area contributed by atoms with Gasteiger partial charge >= 0.3 is 0 Å². The van der Waals surface area contributed by atoms with Crippen LogP contribution in [0.5, 0.6) is 0 Å². The first kappa shape index (κ1) is 14.4. The maximum atomic E-state index is 12.7. The average molecular weight is 281 g/mol. The second-order valence-electron chi connectivity index (χ2n) is 5.69. The second kappa shape index (κ2) is 5.51. The zero-order valence-electron chi connectivity index (χ0n) is 11.7. The molecule has 0 saturated carbocycles. The highest BCUT2D eigenvalue weighted by Crippen LogP contribution is 2.27. The second-order valence-corrected chi connectivity index (χ2v) is 6.13. The van der Waals surface area contributed by atoms with E-state index in [9.17, 15) is 4.79 Å². The Balaban J connectivity index is 2.18. The lowest BCUT2D eigenvalue weighted by Gasteiger charge is -2.33. The highest BCUT2D eigenvalue weighted by atomic mass is 35.5. The van der Waals surface area contributed by atoms with Crippen LogP contribution in [-0.2, 0) is 10.2 Å². The Morgan fingerprint density at radius 3 is 2.53 bits per heavy atom. The molecule has 0 aromatic heterocycles. The van der Waals surface area contributed by atoms with Crippen LogP contribution in [0.25, 0.3) is 0 Å². The highest BCUT2D eigenvalue weighted by molar-refractivity contribution is 6.30. The third kappa shape index (κ3) is 2.93. The van der Waals surface area contributed by atoms with E-state index in [4.69, 9.17) is 11.6 Å². The van der Waals surface area contributed by atoms with Gasteiger partial charge in [0.15, 0.2) is 0 Å². The molecule has 1 atom stereocenters. The van der Waals surface area contributed by atoms with E-state index < -0.39 is 5.41 Å². The van der Waals surface area contributed by atoms with Crippen LogP contribution in [0, 0.1) is 0 Å². The summed E-state index contributed by atoms with van der Waals surface area (Å²) in [6, 6.07) is 7.84. The van der Waals surface area contributed by atoms with E-state index in [1.165, 1.54) is 0 Å². The van der Waals surface area contributed by atoms with Crippen LogP contribution >= 0.6 is 11.6 Å². The summed E-state index contributed by atoms with van der Waals surface area (Å²) in [6.45, 7) is 5.82. The van der Waals surface area contributed by atoms with Crippen molar-refractivity contribution < 1.29 is 4.79 Å². The molecule has 1 fully saturated rings. The number of benzene rings is 1. The highest BCUT2D eigenvalue weighted by Gasteiger charge is 2.35. The number of nitrogens with one attached hydrogen (secondary N) is 1. The third-order valence-electron chi connectivity index (χ3n) is 4.00. The fourth-order valence-electron chi connectivity index (χ4n) is 2.57. The minimum Gasteiger partial charge on any atom is -0.341 e. The van der Waals surface area contributed by atoms with E-state index in [2.05, 4.69) is 5.32 Å². The number of amides is 1. The van der Waals surface area contributed by atoms with Crippen LogP contribution < -0.4 is 5.32 Å². The Morgan fingerprint density at radius 1 is 1.37 bits per heavy atom. The Bertz CT molecular complexity index is 450. The normalized spacial score (nSPS) is 19.5. The van der Waals surface area contributed by atoms with Crippen molar-refractivity contribution in [1.29, 1.82) is 0 Å². The molecule has 1 unspecified atom stereocenters. The van der Waals surface area contributed by atoms with Gasteiger partial charge in [-0.2, -0.15) is 0 Å². The van der Waals surface area contributed by atoms with Gasteiger partial charge in [-0.1, -0.05) is 23.7 Å². The van der Waals surface area contributed by atoms with Gasteiger partial charge in [-0.25, -0.2) is 0 Å². The quantitative estimate of drug-likeness (QED) is 0.922. The predicted molar refractivity (Wildman–Crippen MR) is 78.5 cm³/mol. The molecular weight excluding hydrogens is 260 g/mol. The molecule has 19 heavy (non-hydrogen) atoms. The molecule has 1 N–H and O–H groups in total. The first-order chi connectivity index (χ1) is 8.93. The van der Waals surface area contributed by atoms with Crippen molar-refractivity contribution in [2.75, 3.05) is 20.1 Å². The maximum absolute atomic E-state index is 12.7. The molecule has 0 aliphatic carbocycles. The summed E-state index contributed by atoms with van der Waals surface area (Å²) in [5, 5.41) is 3.99. The number of nitrogens with zero attached hydrogens (tertiary/aromatic N) is 1. The Kier molecular flexibility index (Phi) is 4.16. The van der Waals surface area contributed by atoms with Crippen LogP contribution in [0.1, 0.15) is 25.8 Å². The number of carbonyl (C=O) groups excluding carboxylic acids is 1. The number of halogens is 1. The van der Waals surface area contributed by atoms with Crippen molar-refractivity contribution in [3.8, 4) is 0 Å². The van der Waals surface area contributed by atoms with Crippen LogP contribution in [0.3, 0.4) is 0 Å². The molecule has 4 heteroatoms. The topological polar surface area (TPSA) is 32.3 Å². The minimum absolute atomic E-state index is 0.156. The monoisotopic (exact) mass is 280 g/mol. The van der Waals surface area contributed by atoms with E-state index in [-0.39, 0.29) is 5.91 Å². The minimum atomic E-state index is -0.526. The molecule has 3 nitrogen and oxygen atoms in total. The van der Waals surface area contributed by atoms with Crippen LogP contribution in [0.4, 0.5) is 0 Å². The molecule has 0 radical (unpaired) electrons. The van der Waals surface area contributed by atoms with Gasteiger partial charge in [0.05, 0.1) is 5.41 Å². The zero-order chi connectivity index (χ0) is 14.0. The summed E-state index contributed by atoms with van der Waals surface area (Å²) in [5.41, 5.74) is 0.474. The number of hydrogen-bond acceptors (Lipinski definition) is 2. The van der Waals surface area contributed by atoms with Gasteiger partial charge in [0.25, 0.3) is 0 Å². The van der Waals surface area contributed by atoms with E-state index >= 15 is 0 Å². The Hall–Kier alpha value is -1.06. The van der Waals surface area contributed by atoms with Gasteiger partial charge in [-0.3, -0.25) is 4.79 Å². The molecule has 2 rings (SSSR count). The maximum Gasteiger partial charge on any atom is 0.232 e. The lowest BCUT2D eigenvalue weighted by molar-refractivity contribution is -0.136. The summed E-state index contributed by atoms with van der Waals surface area (Å²) < 4.78 is 0. The van der Waals surface area contributed by atoms with Crippen molar-refractivity contribution in [3.63, 3.8) is 0 Å². The predicted octanol–water partition coefficient (Wildman–Crippen LogP) is 2.44. The standard InChI is InChI=1S/C15H21ClN2O/c1-15(2,11-4-6-12(16)7-5-11)14(19)18(3)13-8-9-17-10-13/h4-7,13,17H,8-10H2,1-3H3. The molecule has 104 valence electrons. The van der Waals surface area contributed by atoms with Crippen molar-refractivity contribution in [2.24, 2.45) is 0 Å². The summed E-state index contributed by atoms with van der Waals surface area (Å²) in [6.07, 6.45) is 1.03. The first-order valence-electron chi connectivity index (χ1n) is 6.67. The molecule has 1 saturated heterocycles. The van der Waals surface area contributed by atoms with Gasteiger partial charge in [0, 0.05) is 24.7 Å². The number of carbonyl (C=O) groups is 1. The summed E-state index contributed by atoms with van der Waals surface area (Å²) in [7, 11) is 1.90. The Labute approximate surface area is 119 Å². The van der Waals surface area contributed by atoms with E-state index in [0.717, 1.165) is 25.1 Å². The van der Waals surface area contributed by atoms with Crippen LogP contribution in [0.15, 0.2) is 24.3 Å². The van der Waals surface area contributed by atoms with Crippen molar-refractivity contribution in [3.05, 3.63) is 34.9 Å². The van der Waals surface area contributed by atoms with Crippen LogP contribution in [0.2, 0.25) is 5.02 Å². The fraction of sp³-hybridized carbons (Fsp3) is 0.533. The SMILES string of the molecule is CN(C(=O)C(C)(C)c1ccc(Cl)cc1)C1CCNC1. The lowest BCUT2D eigenvalue weighted by Crippen LogP contribution is -2.47. The zero-order valence-corrected chi connectivity index (χ0v) is 12.5. The molecule has 0 bridgehead atoms. The molecule has 1 aliphatic heterocycles. The molecule has 1 aliphatic rings. The summed E-state index contributed by atoms with van der Waals surface area (Å²) in [5.74, 6) is 0.156. The van der Waals surface area contributed by atoms with Crippen molar-refractivity contribution in [2.45, 2.75) is 31.7 Å². The molecule has 1 aromatic rings. The fourth-order valence-corrected chi connectivity index (χ4v) is 2.69. The van der Waals surface area contributed by atoms with Crippen LogP contribution in [-0.4, -0.2) is 37.0 Å². The van der Waals surface area contributed by atoms with E-state index in [1.807, 2.05) is 50.1 Å². The molecule has 1 aromatic carbocycles. The number of hydrogen-bond donors (Lipinski definition) is 1. The number of likely N-dealkylation sites (N-methyl/N-ethyl adjacent to an activating group) is 1. The van der Waals surface area contributed by atoms with Gasteiger partial charge < -0.3 is 10.2 Å². The van der Waals surface area contributed by atoms with Gasteiger partial charge in [0.1, 0.15) is 0 Å². The largest absolute Gasteiger partial charge is 0.341 e. The third-order valence-corrected chi connectivity index (χ3v) is 4.25. The molecule has 0 spiro atoms. The van der Waals surface area contributed by atoms with E-state index in [0.29, 0.717) is 11.1 Å². The van der Waals surface area contributed by atoms with Crippen molar-refractivity contribution >= 4 is 17.5 Å². The van der Waals surface area contributed by atoms with Gasteiger partial charge in [0.2, 0.25) is 5.91 Å². The molecule has 1 heterocycles. The molecular formula is C15H21ClN2O. The lowest BCUT2D eigenvalue weighted by atomic mass is 9.83.